The van der Waals surface area contributed by atoms with Gasteiger partial charge in [-0.15, -0.1) is 0 Å². The van der Waals surface area contributed by atoms with Crippen molar-refractivity contribution in [3.8, 4) is 5.75 Å². The molecule has 0 bridgehead atoms. The average molecular weight is 477 g/mol. The number of amides is 1. The molecule has 11 heteroatoms. The van der Waals surface area contributed by atoms with Gasteiger partial charge in [0.25, 0.3) is 11.5 Å². The van der Waals surface area contributed by atoms with Gasteiger partial charge in [-0.25, -0.2) is 9.59 Å². The monoisotopic (exact) mass is 476 g/mol. The Morgan fingerprint density at radius 1 is 1.18 bits per heavy atom. The van der Waals surface area contributed by atoms with Crippen LogP contribution in [-0.2, 0) is 25.6 Å². The Balaban J connectivity index is 2.17. The van der Waals surface area contributed by atoms with Gasteiger partial charge in [-0.2, -0.15) is 0 Å². The molecule has 2 rings (SSSR count). The molecule has 0 aliphatic carbocycles. The van der Waals surface area contributed by atoms with Crippen LogP contribution in [0.3, 0.4) is 0 Å². The maximum atomic E-state index is 12.9. The van der Waals surface area contributed by atoms with Crippen molar-refractivity contribution in [3.63, 3.8) is 0 Å². The third-order valence-corrected chi connectivity index (χ3v) is 4.90. The van der Waals surface area contributed by atoms with Gasteiger partial charge in [0.2, 0.25) is 0 Å². The van der Waals surface area contributed by atoms with Gasteiger partial charge in [-0.3, -0.25) is 24.0 Å². The van der Waals surface area contributed by atoms with Crippen LogP contribution < -0.4 is 26.6 Å². The molecule has 2 aromatic rings. The summed E-state index contributed by atoms with van der Waals surface area (Å²) in [4.78, 5) is 53.1. The molecule has 0 fully saturated rings. The zero-order valence-corrected chi connectivity index (χ0v) is 20.2. The van der Waals surface area contributed by atoms with Crippen LogP contribution >= 0.6 is 0 Å². The van der Waals surface area contributed by atoms with E-state index in [1.54, 1.807) is 6.07 Å². The molecule has 34 heavy (non-hydrogen) atoms. The zero-order chi connectivity index (χ0) is 25.4. The molecule has 0 aliphatic rings. The summed E-state index contributed by atoms with van der Waals surface area (Å²) >= 11 is 0. The van der Waals surface area contributed by atoms with Gasteiger partial charge >= 0.3 is 11.7 Å². The smallest absolute Gasteiger partial charge is 0.344 e. The Bertz CT molecular complexity index is 1140. The average Bonchev–Trinajstić information content (AvgIpc) is 2.77. The number of carbonyl (C=O) groups excluding carboxylic acids is 2. The maximum Gasteiger partial charge on any atom is 0.344 e. The molecular formula is C23H32N4O7. The lowest BCUT2D eigenvalue weighted by Gasteiger charge is -2.24. The normalized spacial score (nSPS) is 10.9. The van der Waals surface area contributed by atoms with E-state index in [2.05, 4.69) is 4.98 Å². The number of rotatable bonds is 11. The molecule has 1 aromatic heterocycles. The number of esters is 1. The van der Waals surface area contributed by atoms with E-state index < -0.39 is 36.3 Å². The largest absolute Gasteiger partial charge is 0.482 e. The van der Waals surface area contributed by atoms with Crippen LogP contribution in [0.1, 0.15) is 25.0 Å². The number of methoxy groups -OCH3 is 1. The minimum Gasteiger partial charge on any atom is -0.482 e. The van der Waals surface area contributed by atoms with E-state index in [0.717, 1.165) is 16.0 Å². The minimum absolute atomic E-state index is 0.0426. The lowest BCUT2D eigenvalue weighted by molar-refractivity contribution is -0.149. The molecule has 3 N–H and O–H groups in total. The van der Waals surface area contributed by atoms with Crippen LogP contribution in [0.15, 0.2) is 27.8 Å². The number of carbonyl (C=O) groups is 2. The number of nitrogens with one attached hydrogen (secondary N) is 1. The number of nitrogens with zero attached hydrogens (tertiary/aromatic N) is 2. The third-order valence-electron chi connectivity index (χ3n) is 4.90. The van der Waals surface area contributed by atoms with Crippen molar-refractivity contribution in [3.05, 3.63) is 50.2 Å². The van der Waals surface area contributed by atoms with Crippen LogP contribution in [0.5, 0.6) is 5.75 Å². The van der Waals surface area contributed by atoms with Gasteiger partial charge in [0, 0.05) is 20.2 Å². The number of nitrogens with two attached hydrogens (primary N) is 1. The topological polar surface area (TPSA) is 146 Å². The number of H-pyrrole nitrogens is 1. The Morgan fingerprint density at radius 2 is 1.88 bits per heavy atom. The molecule has 11 nitrogen and oxygen atoms in total. The lowest BCUT2D eigenvalue weighted by Crippen LogP contribution is -2.44. The SMILES string of the molecule is COCCN(C(=O)COC(=O)COc1cc(C)ccc1C)c1c(N)n(CC(C)C)c(=O)[nH]c1=O. The molecular weight excluding hydrogens is 444 g/mol. The van der Waals surface area contributed by atoms with E-state index >= 15 is 0 Å². The summed E-state index contributed by atoms with van der Waals surface area (Å²) in [5, 5.41) is 0. The maximum absolute atomic E-state index is 12.9. The van der Waals surface area contributed by atoms with Crippen LogP contribution in [0, 0.1) is 19.8 Å². The van der Waals surface area contributed by atoms with E-state index in [1.165, 1.54) is 11.7 Å². The number of benzene rings is 1. The summed E-state index contributed by atoms with van der Waals surface area (Å²) in [5.74, 6) is -1.02. The molecule has 0 saturated heterocycles. The van der Waals surface area contributed by atoms with E-state index in [-0.39, 0.29) is 37.1 Å². The van der Waals surface area contributed by atoms with E-state index in [0.29, 0.717) is 5.75 Å². The molecule has 1 aromatic carbocycles. The Hall–Kier alpha value is -3.60. The Morgan fingerprint density at radius 3 is 2.53 bits per heavy atom. The number of hydrogen-bond acceptors (Lipinski definition) is 8. The summed E-state index contributed by atoms with van der Waals surface area (Å²) in [7, 11) is 1.43. The number of aromatic nitrogens is 2. The molecule has 0 radical (unpaired) electrons. The van der Waals surface area contributed by atoms with E-state index in [4.69, 9.17) is 19.9 Å². The second-order valence-corrected chi connectivity index (χ2v) is 8.25. The quantitative estimate of drug-likeness (QED) is 0.457. The standard InChI is InChI=1S/C23H32N4O7/c1-14(2)11-27-21(24)20(22(30)25-23(27)31)26(8-9-32-5)18(28)12-34-19(29)13-33-17-10-15(3)6-7-16(17)4/h6-7,10,14H,8-9,11-13,24H2,1-5H3,(H,25,30,31). The van der Waals surface area contributed by atoms with Crippen LogP contribution in [-0.4, -0.2) is 54.9 Å². The predicted octanol–water partition coefficient (Wildman–Crippen LogP) is 0.993. The van der Waals surface area contributed by atoms with Crippen LogP contribution in [0.25, 0.3) is 0 Å². The van der Waals surface area contributed by atoms with Gasteiger partial charge in [0.05, 0.1) is 6.61 Å². The Kier molecular flexibility index (Phi) is 9.43. The first-order valence-electron chi connectivity index (χ1n) is 10.8. The summed E-state index contributed by atoms with van der Waals surface area (Å²) in [6, 6.07) is 5.58. The summed E-state index contributed by atoms with van der Waals surface area (Å²) in [5.41, 5.74) is 6.25. The molecule has 0 spiro atoms. The molecule has 1 heterocycles. The predicted molar refractivity (Wildman–Crippen MR) is 127 cm³/mol. The number of aromatic amines is 1. The summed E-state index contributed by atoms with van der Waals surface area (Å²) in [6.45, 7) is 6.74. The molecule has 1 amide bonds. The first kappa shape index (κ1) is 26.7. The summed E-state index contributed by atoms with van der Waals surface area (Å²) < 4.78 is 16.8. The summed E-state index contributed by atoms with van der Waals surface area (Å²) in [6.07, 6.45) is 0. The number of hydrogen-bond donors (Lipinski definition) is 2. The van der Waals surface area contributed by atoms with Crippen molar-refractivity contribution in [1.82, 2.24) is 9.55 Å². The number of aryl methyl sites for hydroxylation is 2. The first-order valence-corrected chi connectivity index (χ1v) is 10.8. The van der Waals surface area contributed by atoms with Gasteiger partial charge in [0.15, 0.2) is 18.9 Å². The highest BCUT2D eigenvalue weighted by molar-refractivity contribution is 5.97. The van der Waals surface area contributed by atoms with Crippen LogP contribution in [0.4, 0.5) is 11.5 Å². The van der Waals surface area contributed by atoms with E-state index in [9.17, 15) is 19.2 Å². The van der Waals surface area contributed by atoms with Crippen molar-refractivity contribution < 1.29 is 23.8 Å². The molecule has 0 saturated carbocycles. The Labute approximate surface area is 197 Å². The van der Waals surface area contributed by atoms with Gasteiger partial charge in [-0.1, -0.05) is 26.0 Å². The van der Waals surface area contributed by atoms with Crippen molar-refractivity contribution in [2.45, 2.75) is 34.2 Å². The molecule has 0 atom stereocenters. The van der Waals surface area contributed by atoms with Gasteiger partial charge in [-0.05, 0) is 37.0 Å². The number of ether oxygens (including phenoxy) is 3. The highest BCUT2D eigenvalue weighted by Gasteiger charge is 2.25. The molecule has 0 aliphatic heterocycles. The van der Waals surface area contributed by atoms with Crippen molar-refractivity contribution >= 4 is 23.4 Å². The van der Waals surface area contributed by atoms with Crippen molar-refractivity contribution in [2.24, 2.45) is 5.92 Å². The lowest BCUT2D eigenvalue weighted by atomic mass is 10.1. The fourth-order valence-corrected chi connectivity index (χ4v) is 3.19. The fourth-order valence-electron chi connectivity index (χ4n) is 3.19. The minimum atomic E-state index is -0.823. The number of anilines is 2. The molecule has 0 unspecified atom stereocenters. The van der Waals surface area contributed by atoms with Gasteiger partial charge in [0.1, 0.15) is 11.6 Å². The number of nitrogen functional groups attached to an aromatic ring is 1. The zero-order valence-electron chi connectivity index (χ0n) is 20.2. The van der Waals surface area contributed by atoms with Crippen molar-refractivity contribution in [2.75, 3.05) is 44.1 Å². The van der Waals surface area contributed by atoms with Crippen molar-refractivity contribution in [1.29, 1.82) is 0 Å². The second kappa shape index (κ2) is 12.0. The highest BCUT2D eigenvalue weighted by atomic mass is 16.6. The molecule has 186 valence electrons. The first-order chi connectivity index (χ1) is 16.0. The second-order valence-electron chi connectivity index (χ2n) is 8.25. The van der Waals surface area contributed by atoms with Gasteiger partial charge < -0.3 is 19.9 Å². The third kappa shape index (κ3) is 6.95. The van der Waals surface area contributed by atoms with Crippen LogP contribution in [0.2, 0.25) is 0 Å². The van der Waals surface area contributed by atoms with E-state index in [1.807, 2.05) is 39.8 Å². The fraction of sp³-hybridized carbons (Fsp3) is 0.478. The highest BCUT2D eigenvalue weighted by Crippen LogP contribution is 2.20.